The molecule has 0 aliphatic rings. The molecule has 0 spiro atoms. The molecule has 0 aliphatic carbocycles. The highest BCUT2D eigenvalue weighted by atomic mass is 35.5. The van der Waals surface area contributed by atoms with E-state index in [1.807, 2.05) is 42.6 Å². The van der Waals surface area contributed by atoms with Crippen molar-refractivity contribution in [2.75, 3.05) is 19.0 Å². The molecule has 0 atom stereocenters. The Labute approximate surface area is 206 Å². The lowest BCUT2D eigenvalue weighted by Gasteiger charge is -2.12. The van der Waals surface area contributed by atoms with Crippen molar-refractivity contribution < 1.29 is 14.3 Å². The van der Waals surface area contributed by atoms with Crippen molar-refractivity contribution >= 4 is 41.6 Å². The van der Waals surface area contributed by atoms with Crippen molar-refractivity contribution in [1.29, 1.82) is 0 Å². The van der Waals surface area contributed by atoms with Gasteiger partial charge in [0.1, 0.15) is 0 Å². The van der Waals surface area contributed by atoms with Gasteiger partial charge in [-0.2, -0.15) is 5.10 Å². The van der Waals surface area contributed by atoms with Gasteiger partial charge in [-0.3, -0.25) is 4.79 Å². The summed E-state index contributed by atoms with van der Waals surface area (Å²) in [6.45, 7) is -0.199. The van der Waals surface area contributed by atoms with Crippen molar-refractivity contribution in [1.82, 2.24) is 9.66 Å². The first-order valence-electron chi connectivity index (χ1n) is 10.3. The van der Waals surface area contributed by atoms with Gasteiger partial charge in [0.25, 0.3) is 5.91 Å². The number of methoxy groups -OCH3 is 1. The maximum atomic E-state index is 12.2. The van der Waals surface area contributed by atoms with Crippen LogP contribution in [-0.4, -0.2) is 35.5 Å². The van der Waals surface area contributed by atoms with Crippen LogP contribution in [0.15, 0.2) is 84.1 Å². The first-order valence-corrected chi connectivity index (χ1v) is 11.1. The van der Waals surface area contributed by atoms with Gasteiger partial charge in [0.05, 0.1) is 35.9 Å². The molecule has 0 radical (unpaired) electrons. The van der Waals surface area contributed by atoms with Crippen LogP contribution in [0.25, 0.3) is 11.3 Å². The number of hydrogen-bond donors (Lipinski definition) is 2. The molecule has 4 aromatic rings. The van der Waals surface area contributed by atoms with Crippen LogP contribution in [0.3, 0.4) is 0 Å². The van der Waals surface area contributed by atoms with Crippen molar-refractivity contribution in [2.45, 2.75) is 0 Å². The molecule has 9 heteroatoms. The molecule has 4 rings (SSSR count). The molecule has 0 unspecified atom stereocenters. The number of carbonyl (C=O) groups excluding carboxylic acids is 1. The molecule has 0 fully saturated rings. The Morgan fingerprint density at radius 2 is 1.88 bits per heavy atom. The molecular weight excluding hydrogens is 472 g/mol. The molecule has 1 amide bonds. The summed E-state index contributed by atoms with van der Waals surface area (Å²) in [5.74, 6) is 0.563. The largest absolute Gasteiger partial charge is 0.493 e. The molecule has 0 bridgehead atoms. The maximum absolute atomic E-state index is 12.2. The van der Waals surface area contributed by atoms with Crippen LogP contribution in [0.2, 0.25) is 5.02 Å². The molecular formula is C25H21ClN4O3S. The Morgan fingerprint density at radius 3 is 2.65 bits per heavy atom. The summed E-state index contributed by atoms with van der Waals surface area (Å²) in [5.41, 5.74) is 3.19. The van der Waals surface area contributed by atoms with E-state index in [0.717, 1.165) is 16.8 Å². The molecule has 1 heterocycles. The van der Waals surface area contributed by atoms with Crippen LogP contribution in [0.5, 0.6) is 11.5 Å². The van der Waals surface area contributed by atoms with E-state index in [9.17, 15) is 4.79 Å². The third kappa shape index (κ3) is 5.72. The van der Waals surface area contributed by atoms with E-state index in [-0.39, 0.29) is 12.5 Å². The summed E-state index contributed by atoms with van der Waals surface area (Å²) >= 11 is 11.4. The Balaban J connectivity index is 1.43. The molecule has 0 aliphatic heterocycles. The van der Waals surface area contributed by atoms with E-state index in [0.29, 0.717) is 27.0 Å². The van der Waals surface area contributed by atoms with E-state index in [2.05, 4.69) is 15.4 Å². The smallest absolute Gasteiger partial charge is 0.262 e. The predicted octanol–water partition coefficient (Wildman–Crippen LogP) is 5.77. The highest BCUT2D eigenvalue weighted by molar-refractivity contribution is 7.71. The van der Waals surface area contributed by atoms with Crippen LogP contribution in [-0.2, 0) is 4.79 Å². The summed E-state index contributed by atoms with van der Waals surface area (Å²) in [6.07, 6.45) is 3.50. The second kappa shape index (κ2) is 10.8. The standard InChI is InChI=1S/C25H21ClN4O3S/c1-32-23-13-17(14-27-30-15-21(29-25(30)34)18-7-3-2-4-8-18)11-12-22(23)33-16-24(31)28-20-10-6-5-9-19(20)26/h2-15H,16H2,1H3,(H,28,31)(H,29,34). The second-order valence-corrected chi connectivity index (χ2v) is 7.95. The number of H-pyrrole nitrogens is 1. The van der Waals surface area contributed by atoms with Crippen LogP contribution >= 0.6 is 23.8 Å². The number of carbonyl (C=O) groups is 1. The number of halogens is 1. The van der Waals surface area contributed by atoms with Crippen molar-refractivity contribution in [3.8, 4) is 22.8 Å². The fourth-order valence-electron chi connectivity index (χ4n) is 3.14. The fourth-order valence-corrected chi connectivity index (χ4v) is 3.53. The van der Waals surface area contributed by atoms with Gasteiger partial charge in [0, 0.05) is 0 Å². The number of aromatic amines is 1. The average molecular weight is 493 g/mol. The number of benzene rings is 3. The number of imidazole rings is 1. The number of hydrogen-bond acceptors (Lipinski definition) is 5. The first kappa shape index (κ1) is 23.3. The summed E-state index contributed by atoms with van der Waals surface area (Å²) in [4.78, 5) is 15.4. The van der Waals surface area contributed by atoms with Crippen LogP contribution in [0.4, 0.5) is 5.69 Å². The van der Waals surface area contributed by atoms with Gasteiger partial charge in [0.15, 0.2) is 22.9 Å². The van der Waals surface area contributed by atoms with E-state index < -0.39 is 0 Å². The lowest BCUT2D eigenvalue weighted by Crippen LogP contribution is -2.20. The molecule has 0 saturated carbocycles. The minimum atomic E-state index is -0.336. The summed E-state index contributed by atoms with van der Waals surface area (Å²) in [7, 11) is 1.53. The van der Waals surface area contributed by atoms with Gasteiger partial charge in [0.2, 0.25) is 0 Å². The lowest BCUT2D eigenvalue weighted by atomic mass is 10.2. The average Bonchev–Trinajstić information content (AvgIpc) is 3.24. The van der Waals surface area contributed by atoms with Crippen LogP contribution in [0, 0.1) is 4.77 Å². The van der Waals surface area contributed by atoms with Gasteiger partial charge < -0.3 is 19.8 Å². The van der Waals surface area contributed by atoms with E-state index in [1.165, 1.54) is 7.11 Å². The quantitative estimate of drug-likeness (QED) is 0.241. The van der Waals surface area contributed by atoms with Gasteiger partial charge in [-0.25, -0.2) is 4.68 Å². The number of aromatic nitrogens is 2. The minimum absolute atomic E-state index is 0.199. The van der Waals surface area contributed by atoms with Gasteiger partial charge in [-0.1, -0.05) is 54.1 Å². The minimum Gasteiger partial charge on any atom is -0.493 e. The number of anilines is 1. The van der Waals surface area contributed by atoms with E-state index in [4.69, 9.17) is 33.3 Å². The molecule has 1 aromatic heterocycles. The SMILES string of the molecule is COc1cc(C=Nn2cc(-c3ccccc3)[nH]c2=S)ccc1OCC(=O)Nc1ccccc1Cl. The molecule has 172 valence electrons. The monoisotopic (exact) mass is 492 g/mol. The van der Waals surface area contributed by atoms with Crippen molar-refractivity contribution in [3.63, 3.8) is 0 Å². The second-order valence-electron chi connectivity index (χ2n) is 7.16. The molecule has 34 heavy (non-hydrogen) atoms. The topological polar surface area (TPSA) is 80.6 Å². The summed E-state index contributed by atoms with van der Waals surface area (Å²) < 4.78 is 13.1. The maximum Gasteiger partial charge on any atom is 0.262 e. The number of nitrogens with zero attached hydrogens (tertiary/aromatic N) is 2. The van der Waals surface area contributed by atoms with Crippen LogP contribution in [0.1, 0.15) is 5.56 Å². The Hall–Kier alpha value is -3.88. The summed E-state index contributed by atoms with van der Waals surface area (Å²) in [5, 5.41) is 7.61. The van der Waals surface area contributed by atoms with Gasteiger partial charge >= 0.3 is 0 Å². The highest BCUT2D eigenvalue weighted by Gasteiger charge is 2.10. The van der Waals surface area contributed by atoms with Crippen LogP contribution < -0.4 is 14.8 Å². The van der Waals surface area contributed by atoms with E-state index >= 15 is 0 Å². The third-order valence-electron chi connectivity index (χ3n) is 4.81. The molecule has 7 nitrogen and oxygen atoms in total. The normalized spacial score (nSPS) is 10.9. The highest BCUT2D eigenvalue weighted by Crippen LogP contribution is 2.28. The lowest BCUT2D eigenvalue weighted by molar-refractivity contribution is -0.118. The molecule has 3 aromatic carbocycles. The number of para-hydroxylation sites is 1. The fraction of sp³-hybridized carbons (Fsp3) is 0.0800. The summed E-state index contributed by atoms with van der Waals surface area (Å²) in [6, 6.07) is 22.1. The molecule has 2 N–H and O–H groups in total. The number of rotatable bonds is 8. The Morgan fingerprint density at radius 1 is 1.12 bits per heavy atom. The number of amides is 1. The zero-order valence-electron chi connectivity index (χ0n) is 18.2. The first-order chi connectivity index (χ1) is 16.5. The zero-order valence-corrected chi connectivity index (χ0v) is 19.8. The van der Waals surface area contributed by atoms with E-state index in [1.54, 1.807) is 47.3 Å². The Bertz CT molecular complexity index is 1380. The van der Waals surface area contributed by atoms with Crippen molar-refractivity contribution in [3.05, 3.63) is 94.4 Å². The van der Waals surface area contributed by atoms with Crippen molar-refractivity contribution in [2.24, 2.45) is 5.10 Å². The van der Waals surface area contributed by atoms with Gasteiger partial charge in [-0.15, -0.1) is 0 Å². The predicted molar refractivity (Wildman–Crippen MR) is 137 cm³/mol. The van der Waals surface area contributed by atoms with Gasteiger partial charge in [-0.05, 0) is 53.7 Å². The third-order valence-corrected chi connectivity index (χ3v) is 5.43. The molecule has 0 saturated heterocycles. The zero-order chi connectivity index (χ0) is 23.9. The Kier molecular flexibility index (Phi) is 7.41. The number of ether oxygens (including phenoxy) is 2. The number of nitrogens with one attached hydrogen (secondary N) is 2.